The number of carbonyl (C=O) groups is 1. The number of rotatable bonds is 4. The molecule has 0 unspecified atom stereocenters. The lowest BCUT2D eigenvalue weighted by Gasteiger charge is -2.13. The number of ether oxygens (including phenoxy) is 2. The van der Waals surface area contributed by atoms with Crippen LogP contribution in [0.4, 0.5) is 17.1 Å². The van der Waals surface area contributed by atoms with Gasteiger partial charge in [0.15, 0.2) is 5.75 Å². The van der Waals surface area contributed by atoms with E-state index in [0.717, 1.165) is 0 Å². The molecule has 0 saturated carbocycles. The molecule has 2 aromatic carbocycles. The van der Waals surface area contributed by atoms with Crippen LogP contribution in [-0.4, -0.2) is 20.1 Å². The van der Waals surface area contributed by atoms with E-state index in [1.165, 1.54) is 14.2 Å². The Morgan fingerprint density at radius 1 is 1.10 bits per heavy atom. The van der Waals surface area contributed by atoms with E-state index in [9.17, 15) is 4.79 Å². The van der Waals surface area contributed by atoms with Gasteiger partial charge in [-0.2, -0.15) is 0 Å². The van der Waals surface area contributed by atoms with Crippen molar-refractivity contribution in [2.75, 3.05) is 31.0 Å². The fourth-order valence-electron chi connectivity index (χ4n) is 1.96. The molecule has 0 heterocycles. The molecule has 0 atom stereocenters. The van der Waals surface area contributed by atoms with Crippen LogP contribution in [0.5, 0.6) is 11.5 Å². The molecule has 0 aliphatic heterocycles. The van der Waals surface area contributed by atoms with Gasteiger partial charge in [0.1, 0.15) is 5.75 Å². The van der Waals surface area contributed by atoms with E-state index in [1.54, 1.807) is 36.4 Å². The van der Waals surface area contributed by atoms with Crippen LogP contribution in [0.1, 0.15) is 10.4 Å². The van der Waals surface area contributed by atoms with Gasteiger partial charge in [-0.15, -0.1) is 0 Å². The summed E-state index contributed by atoms with van der Waals surface area (Å²) in [5.74, 6) is 0.470. The highest BCUT2D eigenvalue weighted by Crippen LogP contribution is 2.30. The Kier molecular flexibility index (Phi) is 4.18. The standard InChI is InChI=1S/C15H17N3O3/c1-20-13-8-9(16)6-7-12(13)18-15(19)10-4-3-5-11(17)14(10)21-2/h3-8H,16-17H2,1-2H3,(H,18,19). The van der Waals surface area contributed by atoms with Gasteiger partial charge in [0.2, 0.25) is 0 Å². The van der Waals surface area contributed by atoms with Crippen molar-refractivity contribution in [2.24, 2.45) is 0 Å². The van der Waals surface area contributed by atoms with Gasteiger partial charge in [-0.25, -0.2) is 0 Å². The molecule has 0 saturated heterocycles. The molecule has 6 nitrogen and oxygen atoms in total. The molecule has 21 heavy (non-hydrogen) atoms. The molecule has 0 bridgehead atoms. The lowest BCUT2D eigenvalue weighted by atomic mass is 10.1. The van der Waals surface area contributed by atoms with Crippen LogP contribution in [0.15, 0.2) is 36.4 Å². The van der Waals surface area contributed by atoms with Crippen LogP contribution in [0, 0.1) is 0 Å². The minimum atomic E-state index is -0.345. The van der Waals surface area contributed by atoms with Crippen LogP contribution in [0.2, 0.25) is 0 Å². The normalized spacial score (nSPS) is 10.0. The molecule has 0 aromatic heterocycles. The molecule has 0 aliphatic rings. The van der Waals surface area contributed by atoms with E-state index in [4.69, 9.17) is 20.9 Å². The number of anilines is 3. The van der Waals surface area contributed by atoms with Crippen molar-refractivity contribution < 1.29 is 14.3 Å². The van der Waals surface area contributed by atoms with E-state index in [0.29, 0.717) is 34.1 Å². The summed E-state index contributed by atoms with van der Waals surface area (Å²) in [6.07, 6.45) is 0. The summed E-state index contributed by atoms with van der Waals surface area (Å²) >= 11 is 0. The highest BCUT2D eigenvalue weighted by atomic mass is 16.5. The summed E-state index contributed by atoms with van der Waals surface area (Å²) in [6, 6.07) is 9.96. The first-order valence-electron chi connectivity index (χ1n) is 6.24. The van der Waals surface area contributed by atoms with Gasteiger partial charge in [-0.3, -0.25) is 4.79 Å². The Bertz CT molecular complexity index is 671. The predicted octanol–water partition coefficient (Wildman–Crippen LogP) is 2.12. The van der Waals surface area contributed by atoms with Crippen LogP contribution in [0.3, 0.4) is 0 Å². The molecule has 0 aliphatic carbocycles. The maximum Gasteiger partial charge on any atom is 0.259 e. The van der Waals surface area contributed by atoms with Crippen molar-refractivity contribution in [1.82, 2.24) is 0 Å². The van der Waals surface area contributed by atoms with Gasteiger partial charge >= 0.3 is 0 Å². The molecule has 5 N–H and O–H groups in total. The van der Waals surface area contributed by atoms with Crippen LogP contribution in [-0.2, 0) is 0 Å². The van der Waals surface area contributed by atoms with E-state index in [-0.39, 0.29) is 5.91 Å². The number of amides is 1. The third kappa shape index (κ3) is 3.00. The molecule has 2 aromatic rings. The number of carbonyl (C=O) groups excluding carboxylic acids is 1. The number of nitrogen functional groups attached to an aromatic ring is 2. The Hall–Kier alpha value is -2.89. The first-order chi connectivity index (χ1) is 10.1. The van der Waals surface area contributed by atoms with Gasteiger partial charge in [0, 0.05) is 11.8 Å². The van der Waals surface area contributed by atoms with Crippen molar-refractivity contribution in [1.29, 1.82) is 0 Å². The zero-order chi connectivity index (χ0) is 15.4. The fraction of sp³-hybridized carbons (Fsp3) is 0.133. The predicted molar refractivity (Wildman–Crippen MR) is 82.8 cm³/mol. The zero-order valence-electron chi connectivity index (χ0n) is 11.8. The Balaban J connectivity index is 2.33. The summed E-state index contributed by atoms with van der Waals surface area (Å²) < 4.78 is 10.4. The topological polar surface area (TPSA) is 99.6 Å². The SMILES string of the molecule is COc1cc(N)ccc1NC(=O)c1cccc(N)c1OC. The van der Waals surface area contributed by atoms with Gasteiger partial charge in [-0.1, -0.05) is 6.07 Å². The van der Waals surface area contributed by atoms with E-state index < -0.39 is 0 Å². The highest BCUT2D eigenvalue weighted by Gasteiger charge is 2.16. The first-order valence-corrected chi connectivity index (χ1v) is 6.24. The highest BCUT2D eigenvalue weighted by molar-refractivity contribution is 6.08. The molecule has 6 heteroatoms. The average molecular weight is 287 g/mol. The summed E-state index contributed by atoms with van der Waals surface area (Å²) in [5, 5.41) is 2.75. The number of nitrogens with two attached hydrogens (primary N) is 2. The maximum atomic E-state index is 12.4. The Labute approximate surface area is 122 Å². The summed E-state index contributed by atoms with van der Waals surface area (Å²) in [4.78, 5) is 12.4. The van der Waals surface area contributed by atoms with E-state index in [2.05, 4.69) is 5.32 Å². The molecular weight excluding hydrogens is 270 g/mol. The average Bonchev–Trinajstić information content (AvgIpc) is 2.48. The van der Waals surface area contributed by atoms with E-state index in [1.807, 2.05) is 0 Å². The molecule has 2 rings (SSSR count). The van der Waals surface area contributed by atoms with Crippen molar-refractivity contribution in [3.05, 3.63) is 42.0 Å². The van der Waals surface area contributed by atoms with Gasteiger partial charge in [0.05, 0.1) is 31.2 Å². The quantitative estimate of drug-likeness (QED) is 0.748. The molecular formula is C15H17N3O3. The summed E-state index contributed by atoms with van der Waals surface area (Å²) in [6.45, 7) is 0. The first kappa shape index (κ1) is 14.5. The van der Waals surface area contributed by atoms with Crippen molar-refractivity contribution in [2.45, 2.75) is 0 Å². The number of hydrogen-bond acceptors (Lipinski definition) is 5. The van der Waals surface area contributed by atoms with Gasteiger partial charge in [0.25, 0.3) is 5.91 Å². The van der Waals surface area contributed by atoms with Gasteiger partial charge in [-0.05, 0) is 24.3 Å². The number of nitrogens with one attached hydrogen (secondary N) is 1. The van der Waals surface area contributed by atoms with Crippen molar-refractivity contribution in [3.8, 4) is 11.5 Å². The summed E-state index contributed by atoms with van der Waals surface area (Å²) in [7, 11) is 2.97. The van der Waals surface area contributed by atoms with Crippen LogP contribution < -0.4 is 26.3 Å². The largest absolute Gasteiger partial charge is 0.494 e. The van der Waals surface area contributed by atoms with Crippen LogP contribution >= 0.6 is 0 Å². The zero-order valence-corrected chi connectivity index (χ0v) is 11.8. The van der Waals surface area contributed by atoms with E-state index >= 15 is 0 Å². The Morgan fingerprint density at radius 3 is 2.52 bits per heavy atom. The molecule has 0 radical (unpaired) electrons. The number of para-hydroxylation sites is 1. The second kappa shape index (κ2) is 6.04. The molecule has 0 fully saturated rings. The second-order valence-corrected chi connectivity index (χ2v) is 4.34. The van der Waals surface area contributed by atoms with Crippen molar-refractivity contribution >= 4 is 23.0 Å². The number of hydrogen-bond donors (Lipinski definition) is 3. The lowest BCUT2D eigenvalue weighted by Crippen LogP contribution is -2.14. The number of methoxy groups -OCH3 is 2. The monoisotopic (exact) mass is 287 g/mol. The fourth-order valence-corrected chi connectivity index (χ4v) is 1.96. The van der Waals surface area contributed by atoms with Gasteiger partial charge < -0.3 is 26.3 Å². The third-order valence-electron chi connectivity index (χ3n) is 2.97. The lowest BCUT2D eigenvalue weighted by molar-refractivity contribution is 0.102. The third-order valence-corrected chi connectivity index (χ3v) is 2.97. The molecule has 110 valence electrons. The van der Waals surface area contributed by atoms with Crippen LogP contribution in [0.25, 0.3) is 0 Å². The van der Waals surface area contributed by atoms with Crippen molar-refractivity contribution in [3.63, 3.8) is 0 Å². The molecule has 0 spiro atoms. The minimum absolute atomic E-state index is 0.337. The number of benzene rings is 2. The smallest absolute Gasteiger partial charge is 0.259 e. The minimum Gasteiger partial charge on any atom is -0.494 e. The Morgan fingerprint density at radius 2 is 1.86 bits per heavy atom. The maximum absolute atomic E-state index is 12.4. The molecule has 1 amide bonds. The summed E-state index contributed by atoms with van der Waals surface area (Å²) in [5.41, 5.74) is 13.3. The second-order valence-electron chi connectivity index (χ2n) is 4.34.